The lowest BCUT2D eigenvalue weighted by molar-refractivity contribution is 0.300. The zero-order valence-corrected chi connectivity index (χ0v) is 41.5. The maximum absolute atomic E-state index is 13.0. The Morgan fingerprint density at radius 2 is 0.527 bits per heavy atom. The Bertz CT molecular complexity index is 3030. The Labute approximate surface area is 436 Å². The Balaban J connectivity index is 1.18. The number of benzene rings is 6. The quantitative estimate of drug-likeness (QED) is 0.143. The predicted octanol–water partition coefficient (Wildman–Crippen LogP) is 16.0. The van der Waals surface area contributed by atoms with Gasteiger partial charge in [-0.05, 0) is 77.9 Å². The van der Waals surface area contributed by atoms with Gasteiger partial charge in [-0.3, -0.25) is 0 Å². The van der Waals surface area contributed by atoms with Crippen molar-refractivity contribution in [3.63, 3.8) is 0 Å². The van der Waals surface area contributed by atoms with Gasteiger partial charge in [0.05, 0.1) is 0 Å². The second kappa shape index (κ2) is 22.4. The van der Waals surface area contributed by atoms with Gasteiger partial charge in [0.1, 0.15) is 36.2 Å². The molecule has 0 atom stereocenters. The molecule has 2 N–H and O–H groups in total. The second-order valence-corrected chi connectivity index (χ2v) is 19.7. The Morgan fingerprint density at radius 3 is 0.770 bits per heavy atom. The molecule has 0 aromatic heterocycles. The molecule has 11 rings (SSSR count). The van der Waals surface area contributed by atoms with Gasteiger partial charge < -0.3 is 19.7 Å². The van der Waals surface area contributed by atoms with E-state index in [1.807, 2.05) is 36.4 Å². The van der Waals surface area contributed by atoms with Crippen molar-refractivity contribution in [2.45, 2.75) is 62.6 Å². The molecule has 0 fully saturated rings. The summed E-state index contributed by atoms with van der Waals surface area (Å²) in [5.74, 6) is 1.92. The Kier molecular flexibility index (Phi) is 14.5. The minimum absolute atomic E-state index is 0.0211. The molecule has 0 heterocycles. The van der Waals surface area contributed by atoms with E-state index in [4.69, 9.17) is 9.47 Å². The van der Waals surface area contributed by atoms with E-state index in [-0.39, 0.29) is 35.2 Å². The standard InChI is InChI=1S/C70H60O4/c71-67-59-35-55(51-27-15-1-2-16-28-51)36-60(67)44-64-40-58(54-33-21-7-8-22-34-54)42-66(70(64)74-48-50-25-13-10-14-26-50)46-62-38-56(52-29-17-3-4-18-30-52)37-61(68(62)72)45-65-41-57(53-31-19-5-6-20-32-53)39-63(43-59)69(65)73-47-49-23-11-9-12-24-49/h1-42,51-54,71-72H,43-48H2. The topological polar surface area (TPSA) is 58.9 Å². The fraction of sp³-hybridized carbons (Fsp3) is 0.143. The molecule has 4 heteroatoms. The van der Waals surface area contributed by atoms with Crippen LogP contribution in [0.5, 0.6) is 23.0 Å². The number of allylic oxidation sites excluding steroid dienone is 24. The molecule has 0 saturated heterocycles. The lowest BCUT2D eigenvalue weighted by Gasteiger charge is -2.25. The van der Waals surface area contributed by atoms with Gasteiger partial charge in [-0.1, -0.05) is 255 Å². The molecule has 6 aromatic rings. The number of aromatic hydroxyl groups is 2. The highest BCUT2D eigenvalue weighted by molar-refractivity contribution is 5.61. The van der Waals surface area contributed by atoms with E-state index in [1.54, 1.807) is 0 Å². The molecule has 5 aliphatic rings. The molecular weight excluding hydrogens is 905 g/mol. The number of rotatable bonds is 10. The molecule has 0 spiro atoms. The van der Waals surface area contributed by atoms with Gasteiger partial charge in [0.2, 0.25) is 0 Å². The van der Waals surface area contributed by atoms with Crippen LogP contribution < -0.4 is 9.47 Å². The van der Waals surface area contributed by atoms with Crippen LogP contribution in [0.2, 0.25) is 0 Å². The van der Waals surface area contributed by atoms with E-state index in [0.29, 0.717) is 38.9 Å². The normalized spacial score (nSPS) is 16.3. The SMILES string of the molecule is Oc1c2cc(C3C=CC=CC=C3)cc1Cc1cc(C3C=CC=CC=C3)cc(c1OCc1ccccc1)Cc1cc(C3C=CC=CC=C3)cc(c1O)Cc1cc(C3C=CC=CC=C3)cc(c1OCc1ccccc1)C2. The van der Waals surface area contributed by atoms with Crippen LogP contribution in [0.25, 0.3) is 0 Å². The summed E-state index contributed by atoms with van der Waals surface area (Å²) < 4.78 is 14.2. The first kappa shape index (κ1) is 47.7. The molecule has 4 nitrogen and oxygen atoms in total. The summed E-state index contributed by atoms with van der Waals surface area (Å²) in [5, 5.41) is 26.0. The fourth-order valence-corrected chi connectivity index (χ4v) is 10.8. The van der Waals surface area contributed by atoms with E-state index in [1.165, 1.54) is 0 Å². The number of fused-ring (bicyclic) bond motifs is 8. The lowest BCUT2D eigenvalue weighted by Crippen LogP contribution is -2.10. The zero-order chi connectivity index (χ0) is 50.1. The van der Waals surface area contributed by atoms with Crippen LogP contribution in [-0.2, 0) is 38.9 Å². The van der Waals surface area contributed by atoms with Crippen LogP contribution in [0.15, 0.2) is 255 Å². The smallest absolute Gasteiger partial charge is 0.126 e. The second-order valence-electron chi connectivity index (χ2n) is 19.7. The van der Waals surface area contributed by atoms with E-state index in [2.05, 4.69) is 219 Å². The first-order valence-corrected chi connectivity index (χ1v) is 25.9. The van der Waals surface area contributed by atoms with Crippen LogP contribution >= 0.6 is 0 Å². The third kappa shape index (κ3) is 11.1. The van der Waals surface area contributed by atoms with Crippen LogP contribution in [0.4, 0.5) is 0 Å². The van der Waals surface area contributed by atoms with E-state index in [0.717, 1.165) is 89.4 Å². The van der Waals surface area contributed by atoms with E-state index < -0.39 is 0 Å². The molecule has 5 aliphatic carbocycles. The summed E-state index contributed by atoms with van der Waals surface area (Å²) in [4.78, 5) is 0. The van der Waals surface area contributed by atoms with Gasteiger partial charge in [-0.15, -0.1) is 0 Å². The minimum atomic E-state index is -0.0289. The summed E-state index contributed by atoms with van der Waals surface area (Å²) in [6.45, 7) is 0.697. The monoisotopic (exact) mass is 964 g/mol. The highest BCUT2D eigenvalue weighted by atomic mass is 16.5. The number of hydrogen-bond donors (Lipinski definition) is 2. The number of ether oxygens (including phenoxy) is 2. The number of phenols is 2. The summed E-state index contributed by atoms with van der Waals surface area (Å²) >= 11 is 0. The van der Waals surface area contributed by atoms with E-state index >= 15 is 0 Å². The van der Waals surface area contributed by atoms with Crippen molar-refractivity contribution in [3.05, 3.63) is 333 Å². The summed E-state index contributed by atoms with van der Waals surface area (Å²) in [6.07, 6.45) is 52.6. The van der Waals surface area contributed by atoms with Gasteiger partial charge in [-0.25, -0.2) is 0 Å². The third-order valence-corrected chi connectivity index (χ3v) is 14.5. The van der Waals surface area contributed by atoms with Crippen molar-refractivity contribution in [1.29, 1.82) is 0 Å². The van der Waals surface area contributed by atoms with E-state index in [9.17, 15) is 10.2 Å². The molecule has 0 amide bonds. The molecular formula is C70H60O4. The number of hydrogen-bond acceptors (Lipinski definition) is 4. The molecule has 0 unspecified atom stereocenters. The predicted molar refractivity (Wildman–Crippen MR) is 303 cm³/mol. The molecule has 364 valence electrons. The maximum Gasteiger partial charge on any atom is 0.126 e. The fourth-order valence-electron chi connectivity index (χ4n) is 10.8. The molecule has 8 bridgehead atoms. The molecule has 6 aromatic carbocycles. The third-order valence-electron chi connectivity index (χ3n) is 14.5. The van der Waals surface area contributed by atoms with Crippen molar-refractivity contribution < 1.29 is 19.7 Å². The van der Waals surface area contributed by atoms with Crippen LogP contribution in [0.3, 0.4) is 0 Å². The van der Waals surface area contributed by atoms with Crippen molar-refractivity contribution in [3.8, 4) is 23.0 Å². The van der Waals surface area contributed by atoms with Crippen molar-refractivity contribution in [2.24, 2.45) is 0 Å². The molecule has 74 heavy (non-hydrogen) atoms. The van der Waals surface area contributed by atoms with Gasteiger partial charge in [-0.2, -0.15) is 0 Å². The van der Waals surface area contributed by atoms with Crippen LogP contribution in [0, 0.1) is 0 Å². The molecule has 0 aliphatic heterocycles. The molecule has 0 radical (unpaired) electrons. The summed E-state index contributed by atoms with van der Waals surface area (Å²) in [6, 6.07) is 38.4. The minimum Gasteiger partial charge on any atom is -0.507 e. The first-order chi connectivity index (χ1) is 36.5. The maximum atomic E-state index is 13.0. The lowest BCUT2D eigenvalue weighted by atomic mass is 9.84. The summed E-state index contributed by atoms with van der Waals surface area (Å²) in [5.41, 5.74) is 13.5. The Hall–Kier alpha value is -8.60. The van der Waals surface area contributed by atoms with Crippen molar-refractivity contribution in [1.82, 2.24) is 0 Å². The van der Waals surface area contributed by atoms with Crippen molar-refractivity contribution >= 4 is 0 Å². The Morgan fingerprint density at radius 1 is 0.297 bits per heavy atom. The van der Waals surface area contributed by atoms with Gasteiger partial charge >= 0.3 is 0 Å². The van der Waals surface area contributed by atoms with Crippen molar-refractivity contribution in [2.75, 3.05) is 0 Å². The average Bonchev–Trinajstić information content (AvgIpc) is 4.08. The van der Waals surface area contributed by atoms with Crippen LogP contribution in [0.1, 0.15) is 102 Å². The van der Waals surface area contributed by atoms with Crippen LogP contribution in [-0.4, -0.2) is 10.2 Å². The zero-order valence-electron chi connectivity index (χ0n) is 41.5. The van der Waals surface area contributed by atoms with Gasteiger partial charge in [0, 0.05) is 49.4 Å². The average molecular weight is 965 g/mol. The van der Waals surface area contributed by atoms with Gasteiger partial charge in [0.15, 0.2) is 0 Å². The first-order valence-electron chi connectivity index (χ1n) is 25.9. The highest BCUT2D eigenvalue weighted by Gasteiger charge is 2.26. The van der Waals surface area contributed by atoms with Gasteiger partial charge in [0.25, 0.3) is 0 Å². The number of phenolic OH excluding ortho intramolecular Hbond substituents is 2. The molecule has 0 saturated carbocycles. The largest absolute Gasteiger partial charge is 0.507 e. The summed E-state index contributed by atoms with van der Waals surface area (Å²) in [7, 11) is 0. The highest BCUT2D eigenvalue weighted by Crippen LogP contribution is 2.44.